The highest BCUT2D eigenvalue weighted by Crippen LogP contribution is 2.33. The number of hydrogen-bond donors (Lipinski definition) is 0. The number of imidazole rings is 1. The highest BCUT2D eigenvalue weighted by molar-refractivity contribution is 8.00. The average Bonchev–Trinajstić information content (AvgIpc) is 3.17. The van der Waals surface area contributed by atoms with E-state index in [1.807, 2.05) is 36.9 Å². The molecular weight excluding hydrogens is 410 g/mol. The number of ether oxygens (including phenoxy) is 1. The summed E-state index contributed by atoms with van der Waals surface area (Å²) in [7, 11) is 0. The fraction of sp³-hybridized carbons (Fsp3) is 0.542. The SMILES string of the molecule is CCOC(=O)C1CCN(C(=O)C(C)Sc2nc3c(n2-c2ccccc2)CCCC3)CC1. The summed E-state index contributed by atoms with van der Waals surface area (Å²) in [6.07, 6.45) is 5.74. The predicted octanol–water partition coefficient (Wildman–Crippen LogP) is 4.03. The fourth-order valence-electron chi connectivity index (χ4n) is 4.50. The maximum Gasteiger partial charge on any atom is 0.309 e. The Balaban J connectivity index is 1.46. The van der Waals surface area contributed by atoms with Crippen molar-refractivity contribution in [3.8, 4) is 5.69 Å². The molecule has 1 aliphatic heterocycles. The molecule has 31 heavy (non-hydrogen) atoms. The van der Waals surface area contributed by atoms with Crippen LogP contribution in [-0.4, -0.2) is 51.3 Å². The summed E-state index contributed by atoms with van der Waals surface area (Å²) in [4.78, 5) is 32.0. The van der Waals surface area contributed by atoms with Gasteiger partial charge in [-0.1, -0.05) is 30.0 Å². The van der Waals surface area contributed by atoms with Crippen molar-refractivity contribution in [2.45, 2.75) is 62.8 Å². The van der Waals surface area contributed by atoms with E-state index in [9.17, 15) is 9.59 Å². The molecule has 1 amide bonds. The van der Waals surface area contributed by atoms with Crippen LogP contribution in [0.2, 0.25) is 0 Å². The van der Waals surface area contributed by atoms with E-state index in [1.54, 1.807) is 11.8 Å². The van der Waals surface area contributed by atoms with Crippen LogP contribution in [0.15, 0.2) is 35.5 Å². The number of nitrogens with zero attached hydrogens (tertiary/aromatic N) is 3. The Labute approximate surface area is 188 Å². The summed E-state index contributed by atoms with van der Waals surface area (Å²) in [5, 5.41) is 0.672. The lowest BCUT2D eigenvalue weighted by molar-refractivity contribution is -0.151. The van der Waals surface area contributed by atoms with Crippen molar-refractivity contribution in [2.24, 2.45) is 5.92 Å². The maximum atomic E-state index is 13.1. The first kappa shape index (κ1) is 21.9. The maximum absolute atomic E-state index is 13.1. The molecule has 1 atom stereocenters. The lowest BCUT2D eigenvalue weighted by atomic mass is 9.97. The lowest BCUT2D eigenvalue weighted by Crippen LogP contribution is -2.43. The van der Waals surface area contributed by atoms with Crippen molar-refractivity contribution in [1.29, 1.82) is 0 Å². The van der Waals surface area contributed by atoms with Crippen LogP contribution in [0.3, 0.4) is 0 Å². The lowest BCUT2D eigenvalue weighted by Gasteiger charge is -2.32. The van der Waals surface area contributed by atoms with Gasteiger partial charge in [0.1, 0.15) is 0 Å². The van der Waals surface area contributed by atoms with Gasteiger partial charge >= 0.3 is 5.97 Å². The number of carbonyl (C=O) groups excluding carboxylic acids is 2. The fourth-order valence-corrected chi connectivity index (χ4v) is 5.55. The van der Waals surface area contributed by atoms with Crippen LogP contribution in [0.1, 0.15) is 50.9 Å². The second-order valence-corrected chi connectivity index (χ2v) is 9.59. The number of thioether (sulfide) groups is 1. The van der Waals surface area contributed by atoms with Gasteiger partial charge in [0.2, 0.25) is 5.91 Å². The van der Waals surface area contributed by atoms with Crippen molar-refractivity contribution in [2.75, 3.05) is 19.7 Å². The minimum Gasteiger partial charge on any atom is -0.466 e. The number of aryl methyl sites for hydroxylation is 1. The first-order chi connectivity index (χ1) is 15.1. The van der Waals surface area contributed by atoms with E-state index in [0.717, 1.165) is 23.7 Å². The van der Waals surface area contributed by atoms with E-state index in [1.165, 1.54) is 24.2 Å². The number of likely N-dealkylation sites (tertiary alicyclic amines) is 1. The number of esters is 1. The number of fused-ring (bicyclic) bond motifs is 1. The third-order valence-electron chi connectivity index (χ3n) is 6.17. The zero-order valence-electron chi connectivity index (χ0n) is 18.4. The van der Waals surface area contributed by atoms with Gasteiger partial charge in [0, 0.05) is 24.5 Å². The zero-order valence-corrected chi connectivity index (χ0v) is 19.2. The van der Waals surface area contributed by atoms with Crippen LogP contribution < -0.4 is 0 Å². The van der Waals surface area contributed by atoms with E-state index in [4.69, 9.17) is 9.72 Å². The highest BCUT2D eigenvalue weighted by Gasteiger charge is 2.31. The van der Waals surface area contributed by atoms with Crippen molar-refractivity contribution in [1.82, 2.24) is 14.5 Å². The molecular formula is C24H31N3O3S. The van der Waals surface area contributed by atoms with Gasteiger partial charge in [-0.15, -0.1) is 0 Å². The third kappa shape index (κ3) is 4.81. The Bertz CT molecular complexity index is 920. The smallest absolute Gasteiger partial charge is 0.309 e. The van der Waals surface area contributed by atoms with Gasteiger partial charge in [0.25, 0.3) is 0 Å². The summed E-state index contributed by atoms with van der Waals surface area (Å²) in [5.74, 6) is -0.101. The van der Waals surface area contributed by atoms with Crippen LogP contribution in [0.4, 0.5) is 0 Å². The molecule has 1 aromatic carbocycles. The first-order valence-corrected chi connectivity index (χ1v) is 12.2. The Hall–Kier alpha value is -2.28. The molecule has 0 radical (unpaired) electrons. The molecule has 4 rings (SSSR count). The summed E-state index contributed by atoms with van der Waals surface area (Å²) in [6, 6.07) is 10.3. The number of para-hydroxylation sites is 1. The zero-order chi connectivity index (χ0) is 21.8. The summed E-state index contributed by atoms with van der Waals surface area (Å²) < 4.78 is 7.39. The second-order valence-electron chi connectivity index (χ2n) is 8.28. The summed E-state index contributed by atoms with van der Waals surface area (Å²) in [5.41, 5.74) is 3.57. The molecule has 1 aromatic heterocycles. The van der Waals surface area contributed by atoms with Crippen molar-refractivity contribution in [3.63, 3.8) is 0 Å². The molecule has 0 bridgehead atoms. The number of aromatic nitrogens is 2. The van der Waals surface area contributed by atoms with E-state index in [0.29, 0.717) is 32.5 Å². The highest BCUT2D eigenvalue weighted by atomic mass is 32.2. The normalized spacial score (nSPS) is 17.8. The van der Waals surface area contributed by atoms with Gasteiger partial charge in [-0.25, -0.2) is 4.98 Å². The molecule has 166 valence electrons. The molecule has 0 saturated carbocycles. The van der Waals surface area contributed by atoms with Crippen LogP contribution in [0, 0.1) is 5.92 Å². The molecule has 1 aliphatic carbocycles. The summed E-state index contributed by atoms with van der Waals surface area (Å²) >= 11 is 1.54. The first-order valence-electron chi connectivity index (χ1n) is 11.4. The van der Waals surface area contributed by atoms with E-state index >= 15 is 0 Å². The average molecular weight is 442 g/mol. The largest absolute Gasteiger partial charge is 0.466 e. The van der Waals surface area contributed by atoms with Crippen LogP contribution in [0.25, 0.3) is 5.69 Å². The van der Waals surface area contributed by atoms with Gasteiger partial charge in [0.15, 0.2) is 5.16 Å². The molecule has 2 heterocycles. The number of amides is 1. The van der Waals surface area contributed by atoms with Crippen molar-refractivity contribution in [3.05, 3.63) is 41.7 Å². The third-order valence-corrected chi connectivity index (χ3v) is 7.21. The van der Waals surface area contributed by atoms with Gasteiger partial charge in [-0.2, -0.15) is 0 Å². The van der Waals surface area contributed by atoms with E-state index < -0.39 is 0 Å². The Morgan fingerprint density at radius 2 is 1.87 bits per heavy atom. The molecule has 2 aromatic rings. The van der Waals surface area contributed by atoms with Crippen LogP contribution >= 0.6 is 11.8 Å². The Morgan fingerprint density at radius 3 is 2.58 bits per heavy atom. The summed E-state index contributed by atoms with van der Waals surface area (Å²) in [6.45, 7) is 5.41. The van der Waals surface area contributed by atoms with Gasteiger partial charge in [-0.3, -0.25) is 14.2 Å². The number of carbonyl (C=O) groups is 2. The van der Waals surface area contributed by atoms with Crippen LogP contribution in [-0.2, 0) is 27.2 Å². The number of hydrogen-bond acceptors (Lipinski definition) is 5. The van der Waals surface area contributed by atoms with Crippen molar-refractivity contribution >= 4 is 23.6 Å². The molecule has 6 nitrogen and oxygen atoms in total. The Morgan fingerprint density at radius 1 is 1.16 bits per heavy atom. The molecule has 2 aliphatic rings. The second kappa shape index (κ2) is 9.90. The van der Waals surface area contributed by atoms with E-state index in [2.05, 4.69) is 16.7 Å². The minimum absolute atomic E-state index is 0.0873. The molecule has 0 spiro atoms. The standard InChI is InChI=1S/C24H31N3O3S/c1-3-30-23(29)18-13-15-26(16-14-18)22(28)17(2)31-24-25-20-11-7-8-12-21(20)27(24)19-9-5-4-6-10-19/h4-6,9-10,17-18H,3,7-8,11-16H2,1-2H3. The monoisotopic (exact) mass is 441 g/mol. The van der Waals surface area contributed by atoms with Gasteiger partial charge in [0.05, 0.1) is 23.5 Å². The minimum atomic E-state index is -0.231. The van der Waals surface area contributed by atoms with Crippen molar-refractivity contribution < 1.29 is 14.3 Å². The predicted molar refractivity (Wildman–Crippen MR) is 121 cm³/mol. The molecule has 0 N–H and O–H groups in total. The van der Waals surface area contributed by atoms with Gasteiger partial charge < -0.3 is 9.64 Å². The molecule has 7 heteroatoms. The topological polar surface area (TPSA) is 64.4 Å². The quantitative estimate of drug-likeness (QED) is 0.500. The van der Waals surface area contributed by atoms with Crippen LogP contribution in [0.5, 0.6) is 0 Å². The van der Waals surface area contributed by atoms with E-state index in [-0.39, 0.29) is 23.0 Å². The number of benzene rings is 1. The molecule has 1 saturated heterocycles. The number of piperidine rings is 1. The molecule has 1 fully saturated rings. The molecule has 1 unspecified atom stereocenters. The van der Waals surface area contributed by atoms with Gasteiger partial charge in [-0.05, 0) is 64.5 Å². The number of rotatable bonds is 6. The Kier molecular flexibility index (Phi) is 7.00.